The fraction of sp³-hybridized carbons (Fsp3) is 0.111. The van der Waals surface area contributed by atoms with Crippen molar-refractivity contribution < 1.29 is 4.79 Å². The maximum atomic E-state index is 10.6. The van der Waals surface area contributed by atoms with Crippen molar-refractivity contribution in [1.82, 2.24) is 10.3 Å². The van der Waals surface area contributed by atoms with Gasteiger partial charge < -0.3 is 5.32 Å². The van der Waals surface area contributed by atoms with Gasteiger partial charge in [-0.15, -0.1) is 6.42 Å². The summed E-state index contributed by atoms with van der Waals surface area (Å²) < 4.78 is 0. The van der Waals surface area contributed by atoms with E-state index >= 15 is 0 Å². The summed E-state index contributed by atoms with van der Waals surface area (Å²) in [6, 6.07) is 3.63. The van der Waals surface area contributed by atoms with Crippen molar-refractivity contribution >= 4 is 5.91 Å². The maximum absolute atomic E-state index is 10.6. The summed E-state index contributed by atoms with van der Waals surface area (Å²) in [6.07, 6.45) is 8.19. The molecule has 1 heterocycles. The molecule has 0 unspecified atom stereocenters. The van der Waals surface area contributed by atoms with Gasteiger partial charge in [-0.25, -0.2) is 0 Å². The van der Waals surface area contributed by atoms with Crippen LogP contribution in [0, 0.1) is 12.3 Å². The first-order valence-corrected chi connectivity index (χ1v) is 3.46. The van der Waals surface area contributed by atoms with E-state index in [4.69, 9.17) is 6.42 Å². The van der Waals surface area contributed by atoms with E-state index in [1.165, 1.54) is 0 Å². The summed E-state index contributed by atoms with van der Waals surface area (Å²) in [6.45, 7) is 0.450. The maximum Gasteiger partial charge on any atom is 0.295 e. The molecule has 1 amide bonds. The number of rotatable bonds is 2. The second-order valence-electron chi connectivity index (χ2n) is 2.18. The standard InChI is InChI=1S/C9H8N2O/c1-2-9(12)11-7-8-3-5-10-6-4-8/h1,3-6H,7H2,(H,11,12). The van der Waals surface area contributed by atoms with Gasteiger partial charge >= 0.3 is 0 Å². The predicted octanol–water partition coefficient (Wildman–Crippen LogP) is 0.331. The molecule has 12 heavy (non-hydrogen) atoms. The molecule has 1 aromatic heterocycles. The normalized spacial score (nSPS) is 8.58. The molecule has 0 saturated carbocycles. The number of carbonyl (C=O) groups excluding carboxylic acids is 1. The van der Waals surface area contributed by atoms with E-state index in [2.05, 4.69) is 10.3 Å². The average molecular weight is 160 g/mol. The van der Waals surface area contributed by atoms with Crippen LogP contribution in [0.3, 0.4) is 0 Å². The van der Waals surface area contributed by atoms with E-state index < -0.39 is 5.91 Å². The lowest BCUT2D eigenvalue weighted by Crippen LogP contribution is -2.20. The van der Waals surface area contributed by atoms with Gasteiger partial charge in [0.25, 0.3) is 5.91 Å². The van der Waals surface area contributed by atoms with Crippen molar-refractivity contribution in [2.75, 3.05) is 0 Å². The Hall–Kier alpha value is -1.82. The first kappa shape index (κ1) is 8.28. The Morgan fingerprint density at radius 1 is 1.58 bits per heavy atom. The summed E-state index contributed by atoms with van der Waals surface area (Å²) in [5, 5.41) is 2.55. The second-order valence-corrected chi connectivity index (χ2v) is 2.18. The molecular weight excluding hydrogens is 152 g/mol. The Morgan fingerprint density at radius 3 is 2.83 bits per heavy atom. The number of aromatic nitrogens is 1. The third kappa shape index (κ3) is 2.43. The zero-order valence-corrected chi connectivity index (χ0v) is 6.45. The van der Waals surface area contributed by atoms with Crippen LogP contribution in [-0.2, 0) is 11.3 Å². The molecule has 0 radical (unpaired) electrons. The van der Waals surface area contributed by atoms with E-state index in [0.717, 1.165) is 5.56 Å². The summed E-state index contributed by atoms with van der Waals surface area (Å²) >= 11 is 0. The average Bonchev–Trinajstić information content (AvgIpc) is 2.16. The van der Waals surface area contributed by atoms with Gasteiger partial charge in [0.2, 0.25) is 0 Å². The van der Waals surface area contributed by atoms with E-state index in [1.54, 1.807) is 12.4 Å². The Labute approximate surface area is 70.8 Å². The highest BCUT2D eigenvalue weighted by Crippen LogP contribution is 1.93. The number of hydrogen-bond acceptors (Lipinski definition) is 2. The van der Waals surface area contributed by atoms with E-state index in [-0.39, 0.29) is 0 Å². The molecule has 1 N–H and O–H groups in total. The lowest BCUT2D eigenvalue weighted by molar-refractivity contribution is -0.115. The number of nitrogens with zero attached hydrogens (tertiary/aromatic N) is 1. The highest BCUT2D eigenvalue weighted by molar-refractivity contribution is 5.92. The SMILES string of the molecule is C#CC(=O)NCc1ccncc1. The predicted molar refractivity (Wildman–Crippen MR) is 44.9 cm³/mol. The van der Waals surface area contributed by atoms with Gasteiger partial charge in [-0.2, -0.15) is 0 Å². The fourth-order valence-electron chi connectivity index (χ4n) is 0.734. The van der Waals surface area contributed by atoms with Crippen LogP contribution in [0.5, 0.6) is 0 Å². The minimum atomic E-state index is -0.396. The minimum Gasteiger partial charge on any atom is -0.341 e. The van der Waals surface area contributed by atoms with Crippen molar-refractivity contribution in [1.29, 1.82) is 0 Å². The molecule has 0 aliphatic rings. The van der Waals surface area contributed by atoms with Crippen LogP contribution in [0.2, 0.25) is 0 Å². The first-order valence-electron chi connectivity index (χ1n) is 3.46. The van der Waals surface area contributed by atoms with Crippen molar-refractivity contribution in [3.63, 3.8) is 0 Å². The van der Waals surface area contributed by atoms with Gasteiger partial charge in [0.1, 0.15) is 0 Å². The number of carbonyl (C=O) groups is 1. The highest BCUT2D eigenvalue weighted by Gasteiger charge is 1.94. The Balaban J connectivity index is 2.45. The zero-order valence-electron chi connectivity index (χ0n) is 6.45. The molecule has 0 saturated heterocycles. The van der Waals surface area contributed by atoms with Crippen LogP contribution in [0.4, 0.5) is 0 Å². The molecule has 1 aromatic rings. The molecule has 3 nitrogen and oxygen atoms in total. The van der Waals surface area contributed by atoms with Gasteiger partial charge in [-0.1, -0.05) is 0 Å². The number of terminal acetylenes is 1. The van der Waals surface area contributed by atoms with E-state index in [9.17, 15) is 4.79 Å². The molecular formula is C9H8N2O. The lowest BCUT2D eigenvalue weighted by Gasteiger charge is -1.99. The second kappa shape index (κ2) is 4.14. The monoisotopic (exact) mass is 160 g/mol. The molecule has 0 fully saturated rings. The number of pyridine rings is 1. The summed E-state index contributed by atoms with van der Waals surface area (Å²) in [5.74, 6) is 1.57. The molecule has 0 bridgehead atoms. The van der Waals surface area contributed by atoms with Gasteiger partial charge in [0, 0.05) is 18.9 Å². The molecule has 0 aliphatic heterocycles. The Morgan fingerprint density at radius 2 is 2.25 bits per heavy atom. The Kier molecular flexibility index (Phi) is 2.86. The smallest absolute Gasteiger partial charge is 0.295 e. The van der Waals surface area contributed by atoms with Crippen molar-refractivity contribution in [2.45, 2.75) is 6.54 Å². The molecule has 60 valence electrons. The minimum absolute atomic E-state index is 0.396. The van der Waals surface area contributed by atoms with Crippen molar-refractivity contribution in [3.8, 4) is 12.3 Å². The van der Waals surface area contributed by atoms with Crippen molar-refractivity contribution in [2.24, 2.45) is 0 Å². The van der Waals surface area contributed by atoms with Crippen LogP contribution in [0.15, 0.2) is 24.5 Å². The van der Waals surface area contributed by atoms with Crippen LogP contribution in [0.25, 0.3) is 0 Å². The largest absolute Gasteiger partial charge is 0.341 e. The number of hydrogen-bond donors (Lipinski definition) is 1. The first-order chi connectivity index (χ1) is 5.83. The van der Waals surface area contributed by atoms with Crippen molar-refractivity contribution in [3.05, 3.63) is 30.1 Å². The van der Waals surface area contributed by atoms with Gasteiger partial charge in [-0.05, 0) is 23.6 Å². The van der Waals surface area contributed by atoms with E-state index in [1.807, 2.05) is 18.1 Å². The Bertz CT molecular complexity index is 300. The number of amides is 1. The lowest BCUT2D eigenvalue weighted by atomic mass is 10.3. The third-order valence-electron chi connectivity index (χ3n) is 1.33. The highest BCUT2D eigenvalue weighted by atomic mass is 16.1. The molecule has 0 aromatic carbocycles. The van der Waals surface area contributed by atoms with Gasteiger partial charge in [0.05, 0.1) is 0 Å². The molecule has 3 heteroatoms. The van der Waals surface area contributed by atoms with E-state index in [0.29, 0.717) is 6.54 Å². The molecule has 0 aliphatic carbocycles. The summed E-state index contributed by atoms with van der Waals surface area (Å²) in [7, 11) is 0. The quantitative estimate of drug-likeness (QED) is 0.633. The fourth-order valence-corrected chi connectivity index (χ4v) is 0.734. The summed E-state index contributed by atoms with van der Waals surface area (Å²) in [5.41, 5.74) is 0.980. The topological polar surface area (TPSA) is 42.0 Å². The van der Waals surface area contributed by atoms with Gasteiger partial charge in [0.15, 0.2) is 0 Å². The zero-order chi connectivity index (χ0) is 8.81. The summed E-state index contributed by atoms with van der Waals surface area (Å²) in [4.78, 5) is 14.5. The van der Waals surface area contributed by atoms with Crippen LogP contribution < -0.4 is 5.32 Å². The molecule has 0 atom stereocenters. The number of nitrogens with one attached hydrogen (secondary N) is 1. The van der Waals surface area contributed by atoms with Gasteiger partial charge in [-0.3, -0.25) is 9.78 Å². The van der Waals surface area contributed by atoms with Crippen LogP contribution in [-0.4, -0.2) is 10.9 Å². The third-order valence-corrected chi connectivity index (χ3v) is 1.33. The van der Waals surface area contributed by atoms with Crippen LogP contribution >= 0.6 is 0 Å². The molecule has 1 rings (SSSR count). The van der Waals surface area contributed by atoms with Crippen LogP contribution in [0.1, 0.15) is 5.56 Å². The molecule has 0 spiro atoms.